The Bertz CT molecular complexity index is 805. The number of aryl methyl sites for hydroxylation is 1. The van der Waals surface area contributed by atoms with Crippen molar-refractivity contribution < 1.29 is 23.9 Å². The van der Waals surface area contributed by atoms with Crippen molar-refractivity contribution in [2.45, 2.75) is 38.1 Å². The maximum Gasteiger partial charge on any atom is 0.355 e. The van der Waals surface area contributed by atoms with Crippen LogP contribution in [0.15, 0.2) is 35.5 Å². The van der Waals surface area contributed by atoms with E-state index in [0.717, 1.165) is 16.9 Å². The van der Waals surface area contributed by atoms with Crippen molar-refractivity contribution >= 4 is 29.5 Å². The maximum absolute atomic E-state index is 12.6. The van der Waals surface area contributed by atoms with E-state index in [9.17, 15) is 14.4 Å². The Balaban J connectivity index is 1.57. The fourth-order valence-corrected chi connectivity index (χ4v) is 4.55. The molecule has 0 spiro atoms. The molecule has 2 aliphatic heterocycles. The SMILES string of the molecule is CCOC(=O)C1=C(C)CS[C@@H]2[C@H](NC(=O)CCc3ccc(OC)cc3)C(=O)N12. The van der Waals surface area contributed by atoms with Crippen LogP contribution >= 0.6 is 11.8 Å². The average Bonchev–Trinajstić information content (AvgIpc) is 2.70. The average molecular weight is 404 g/mol. The summed E-state index contributed by atoms with van der Waals surface area (Å²) >= 11 is 1.54. The lowest BCUT2D eigenvalue weighted by Gasteiger charge is -2.49. The van der Waals surface area contributed by atoms with E-state index in [4.69, 9.17) is 9.47 Å². The normalized spacial score (nSPS) is 21.0. The fraction of sp³-hybridized carbons (Fsp3) is 0.450. The van der Waals surface area contributed by atoms with Gasteiger partial charge in [0.05, 0.1) is 13.7 Å². The Labute approximate surface area is 168 Å². The number of nitrogens with one attached hydrogen (secondary N) is 1. The molecule has 1 fully saturated rings. The molecule has 2 amide bonds. The number of carbonyl (C=O) groups is 3. The highest BCUT2D eigenvalue weighted by atomic mass is 32.2. The van der Waals surface area contributed by atoms with Gasteiger partial charge in [-0.2, -0.15) is 0 Å². The fourth-order valence-electron chi connectivity index (χ4n) is 3.26. The van der Waals surface area contributed by atoms with Gasteiger partial charge in [0, 0.05) is 12.2 Å². The molecule has 0 saturated carbocycles. The molecule has 1 N–H and O–H groups in total. The number of fused-ring (bicyclic) bond motifs is 1. The van der Waals surface area contributed by atoms with Crippen molar-refractivity contribution in [3.05, 3.63) is 41.1 Å². The summed E-state index contributed by atoms with van der Waals surface area (Å²) in [4.78, 5) is 38.6. The van der Waals surface area contributed by atoms with Crippen LogP contribution in [-0.4, -0.2) is 53.6 Å². The highest BCUT2D eigenvalue weighted by Gasteiger charge is 2.53. The zero-order valence-corrected chi connectivity index (χ0v) is 17.0. The molecule has 0 aromatic heterocycles. The first-order valence-electron chi connectivity index (χ1n) is 9.20. The zero-order valence-electron chi connectivity index (χ0n) is 16.2. The van der Waals surface area contributed by atoms with Crippen LogP contribution in [0.1, 0.15) is 25.8 Å². The Morgan fingerprint density at radius 1 is 1.29 bits per heavy atom. The highest BCUT2D eigenvalue weighted by molar-refractivity contribution is 8.00. The maximum atomic E-state index is 12.6. The van der Waals surface area contributed by atoms with Gasteiger partial charge in [-0.1, -0.05) is 12.1 Å². The van der Waals surface area contributed by atoms with E-state index in [1.807, 2.05) is 31.2 Å². The summed E-state index contributed by atoms with van der Waals surface area (Å²) in [6, 6.07) is 6.93. The number of ether oxygens (including phenoxy) is 2. The lowest BCUT2D eigenvalue weighted by Crippen LogP contribution is -2.70. The number of benzene rings is 1. The molecular weight excluding hydrogens is 380 g/mol. The molecule has 150 valence electrons. The van der Waals surface area contributed by atoms with E-state index < -0.39 is 12.0 Å². The van der Waals surface area contributed by atoms with Gasteiger partial charge in [-0.3, -0.25) is 14.5 Å². The Morgan fingerprint density at radius 3 is 2.64 bits per heavy atom. The number of methoxy groups -OCH3 is 1. The number of hydrogen-bond acceptors (Lipinski definition) is 6. The summed E-state index contributed by atoms with van der Waals surface area (Å²) in [7, 11) is 1.61. The minimum atomic E-state index is -0.606. The molecule has 8 heteroatoms. The number of amides is 2. The largest absolute Gasteiger partial charge is 0.497 e. The monoisotopic (exact) mass is 404 g/mol. The predicted molar refractivity (Wildman–Crippen MR) is 106 cm³/mol. The first-order valence-corrected chi connectivity index (χ1v) is 10.2. The summed E-state index contributed by atoms with van der Waals surface area (Å²) in [6.07, 6.45) is 0.860. The van der Waals surface area contributed by atoms with Crippen LogP contribution in [0.3, 0.4) is 0 Å². The zero-order chi connectivity index (χ0) is 20.3. The minimum absolute atomic E-state index is 0.182. The van der Waals surface area contributed by atoms with E-state index in [1.54, 1.807) is 25.8 Å². The molecular formula is C20H24N2O5S. The molecule has 3 rings (SSSR count). The lowest BCUT2D eigenvalue weighted by atomic mass is 10.0. The second-order valence-electron chi connectivity index (χ2n) is 6.65. The second kappa shape index (κ2) is 8.68. The van der Waals surface area contributed by atoms with Gasteiger partial charge >= 0.3 is 5.97 Å². The van der Waals surface area contributed by atoms with Gasteiger partial charge in [-0.05, 0) is 43.5 Å². The van der Waals surface area contributed by atoms with E-state index in [0.29, 0.717) is 17.9 Å². The Hall–Kier alpha value is -2.48. The van der Waals surface area contributed by atoms with Crippen LogP contribution in [0.4, 0.5) is 0 Å². The van der Waals surface area contributed by atoms with Gasteiger partial charge in [-0.15, -0.1) is 11.8 Å². The molecule has 2 aliphatic rings. The first kappa shape index (κ1) is 20.3. The van der Waals surface area contributed by atoms with E-state index in [-0.39, 0.29) is 30.2 Å². The predicted octanol–water partition coefficient (Wildman–Crippen LogP) is 1.86. The molecule has 1 aromatic rings. The van der Waals surface area contributed by atoms with Crippen LogP contribution in [0.5, 0.6) is 5.75 Å². The van der Waals surface area contributed by atoms with Gasteiger partial charge in [0.25, 0.3) is 5.91 Å². The third kappa shape index (κ3) is 4.01. The number of carbonyl (C=O) groups excluding carboxylic acids is 3. The number of rotatable bonds is 7. The van der Waals surface area contributed by atoms with Gasteiger partial charge < -0.3 is 14.8 Å². The van der Waals surface area contributed by atoms with Crippen molar-refractivity contribution in [1.82, 2.24) is 10.2 Å². The number of esters is 1. The molecule has 0 radical (unpaired) electrons. The quantitative estimate of drug-likeness (QED) is 0.552. The summed E-state index contributed by atoms with van der Waals surface area (Å²) < 4.78 is 10.2. The van der Waals surface area contributed by atoms with Crippen molar-refractivity contribution in [2.75, 3.05) is 19.5 Å². The third-order valence-corrected chi connectivity index (χ3v) is 6.17. The number of thioether (sulfide) groups is 1. The summed E-state index contributed by atoms with van der Waals surface area (Å²) in [6.45, 7) is 3.80. The molecule has 0 unspecified atom stereocenters. The van der Waals surface area contributed by atoms with E-state index in [1.165, 1.54) is 4.90 Å². The van der Waals surface area contributed by atoms with Crippen LogP contribution < -0.4 is 10.1 Å². The topological polar surface area (TPSA) is 84.9 Å². The van der Waals surface area contributed by atoms with Gasteiger partial charge in [0.2, 0.25) is 5.91 Å². The second-order valence-corrected chi connectivity index (χ2v) is 7.76. The smallest absolute Gasteiger partial charge is 0.355 e. The van der Waals surface area contributed by atoms with Gasteiger partial charge in [0.15, 0.2) is 0 Å². The Morgan fingerprint density at radius 2 is 2.00 bits per heavy atom. The van der Waals surface area contributed by atoms with Crippen molar-refractivity contribution in [2.24, 2.45) is 0 Å². The first-order chi connectivity index (χ1) is 13.5. The number of nitrogens with zero attached hydrogens (tertiary/aromatic N) is 1. The molecule has 2 atom stereocenters. The van der Waals surface area contributed by atoms with Crippen LogP contribution in [-0.2, 0) is 25.5 Å². The molecule has 2 heterocycles. The standard InChI is InChI=1S/C20H24N2O5S/c1-4-27-20(25)17-12(2)11-28-19-16(18(24)22(17)19)21-15(23)10-7-13-5-8-14(26-3)9-6-13/h5-6,8-9,16,19H,4,7,10-11H2,1-3H3,(H,21,23)/t16-,19-/m1/s1. The highest BCUT2D eigenvalue weighted by Crippen LogP contribution is 2.40. The third-order valence-electron chi connectivity index (χ3n) is 4.74. The lowest BCUT2D eigenvalue weighted by molar-refractivity contribution is -0.152. The minimum Gasteiger partial charge on any atom is -0.497 e. The van der Waals surface area contributed by atoms with Crippen LogP contribution in [0, 0.1) is 0 Å². The number of hydrogen-bond donors (Lipinski definition) is 1. The molecule has 0 bridgehead atoms. The van der Waals surface area contributed by atoms with Crippen molar-refractivity contribution in [3.63, 3.8) is 0 Å². The summed E-state index contributed by atoms with van der Waals surface area (Å²) in [5, 5.41) is 2.55. The summed E-state index contributed by atoms with van der Waals surface area (Å²) in [5.41, 5.74) is 2.16. The molecule has 1 aromatic carbocycles. The van der Waals surface area contributed by atoms with Crippen LogP contribution in [0.2, 0.25) is 0 Å². The van der Waals surface area contributed by atoms with E-state index in [2.05, 4.69) is 5.32 Å². The molecule has 28 heavy (non-hydrogen) atoms. The summed E-state index contributed by atoms with van der Waals surface area (Å²) in [5.74, 6) is 0.461. The molecule has 1 saturated heterocycles. The van der Waals surface area contributed by atoms with Gasteiger partial charge in [-0.25, -0.2) is 4.79 Å². The van der Waals surface area contributed by atoms with Crippen LogP contribution in [0.25, 0.3) is 0 Å². The Kier molecular flexibility index (Phi) is 6.28. The van der Waals surface area contributed by atoms with Gasteiger partial charge in [0.1, 0.15) is 22.9 Å². The van der Waals surface area contributed by atoms with E-state index >= 15 is 0 Å². The molecule has 7 nitrogen and oxygen atoms in total. The van der Waals surface area contributed by atoms with Crippen molar-refractivity contribution in [1.29, 1.82) is 0 Å². The van der Waals surface area contributed by atoms with Crippen molar-refractivity contribution in [3.8, 4) is 5.75 Å². The molecule has 0 aliphatic carbocycles. The number of β-lactam (4-membered cyclic amide) rings is 1.